The minimum absolute atomic E-state index is 0.0368. The van der Waals surface area contributed by atoms with E-state index in [9.17, 15) is 9.59 Å². The molecule has 0 spiro atoms. The summed E-state index contributed by atoms with van der Waals surface area (Å²) in [7, 11) is 0. The van der Waals surface area contributed by atoms with Gasteiger partial charge >= 0.3 is 0 Å². The molecule has 2 fully saturated rings. The lowest BCUT2D eigenvalue weighted by Crippen LogP contribution is -2.52. The Morgan fingerprint density at radius 1 is 1.16 bits per heavy atom. The van der Waals surface area contributed by atoms with Crippen LogP contribution in [0.4, 0.5) is 0 Å². The van der Waals surface area contributed by atoms with Gasteiger partial charge in [-0.05, 0) is 31.6 Å². The molecule has 1 aliphatic heterocycles. The van der Waals surface area contributed by atoms with E-state index in [1.807, 2.05) is 4.90 Å². The normalized spacial score (nSPS) is 36.0. The lowest BCUT2D eigenvalue weighted by Gasteiger charge is -2.39. The monoisotopic (exact) mass is 267 g/mol. The van der Waals surface area contributed by atoms with Gasteiger partial charge < -0.3 is 16.4 Å². The zero-order valence-corrected chi connectivity index (χ0v) is 11.7. The van der Waals surface area contributed by atoms with Crippen molar-refractivity contribution in [3.8, 4) is 0 Å². The minimum atomic E-state index is -0.293. The van der Waals surface area contributed by atoms with Crippen LogP contribution in [0.1, 0.15) is 39.0 Å². The zero-order chi connectivity index (χ0) is 14.0. The highest BCUT2D eigenvalue weighted by molar-refractivity contribution is 5.82. The fourth-order valence-corrected chi connectivity index (χ4v) is 3.50. The van der Waals surface area contributed by atoms with Crippen LogP contribution in [0.2, 0.25) is 0 Å². The van der Waals surface area contributed by atoms with E-state index >= 15 is 0 Å². The molecule has 4 unspecified atom stereocenters. The van der Waals surface area contributed by atoms with Gasteiger partial charge in [0.2, 0.25) is 11.8 Å². The van der Waals surface area contributed by atoms with Gasteiger partial charge in [-0.25, -0.2) is 0 Å². The smallest absolute Gasteiger partial charge is 0.227 e. The number of carbonyl (C=O) groups excluding carboxylic acids is 2. The second-order valence-corrected chi connectivity index (χ2v) is 6.12. The van der Waals surface area contributed by atoms with Crippen LogP contribution in [0, 0.1) is 17.8 Å². The Bertz CT molecular complexity index is 349. The molecule has 1 saturated heterocycles. The maximum atomic E-state index is 12.6. The molecule has 2 amide bonds. The summed E-state index contributed by atoms with van der Waals surface area (Å²) < 4.78 is 0. The molecule has 1 saturated carbocycles. The molecule has 2 rings (SSSR count). The van der Waals surface area contributed by atoms with Crippen molar-refractivity contribution < 1.29 is 9.59 Å². The molecule has 0 radical (unpaired) electrons. The molecular weight excluding hydrogens is 242 g/mol. The van der Waals surface area contributed by atoms with E-state index in [-0.39, 0.29) is 29.7 Å². The Hall–Kier alpha value is -1.10. The first-order valence-corrected chi connectivity index (χ1v) is 7.34. The number of nitrogens with two attached hydrogens (primary N) is 2. The highest BCUT2D eigenvalue weighted by Crippen LogP contribution is 2.31. The SMILES string of the molecule is CC1CCCC(N)C1C(=O)N1CCCC(C(N)=O)C1. The third-order valence-corrected chi connectivity index (χ3v) is 4.69. The Morgan fingerprint density at radius 3 is 2.53 bits per heavy atom. The quantitative estimate of drug-likeness (QED) is 0.762. The van der Waals surface area contributed by atoms with E-state index in [0.29, 0.717) is 12.5 Å². The number of carbonyl (C=O) groups is 2. The van der Waals surface area contributed by atoms with Gasteiger partial charge in [-0.15, -0.1) is 0 Å². The minimum Gasteiger partial charge on any atom is -0.369 e. The molecule has 0 aromatic rings. The average molecular weight is 267 g/mol. The van der Waals surface area contributed by atoms with Crippen molar-refractivity contribution >= 4 is 11.8 Å². The number of piperidine rings is 1. The van der Waals surface area contributed by atoms with Gasteiger partial charge in [0.25, 0.3) is 0 Å². The lowest BCUT2D eigenvalue weighted by molar-refractivity contribution is -0.141. The van der Waals surface area contributed by atoms with Crippen molar-refractivity contribution in [2.24, 2.45) is 29.2 Å². The van der Waals surface area contributed by atoms with Crippen molar-refractivity contribution in [3.63, 3.8) is 0 Å². The van der Waals surface area contributed by atoms with Gasteiger partial charge in [-0.3, -0.25) is 9.59 Å². The topological polar surface area (TPSA) is 89.4 Å². The first kappa shape index (κ1) is 14.3. The van der Waals surface area contributed by atoms with Crippen LogP contribution in [0.25, 0.3) is 0 Å². The maximum absolute atomic E-state index is 12.6. The summed E-state index contributed by atoms with van der Waals surface area (Å²) in [5.74, 6) is -0.0949. The van der Waals surface area contributed by atoms with E-state index in [2.05, 4.69) is 6.92 Å². The molecule has 19 heavy (non-hydrogen) atoms. The Kier molecular flexibility index (Phi) is 4.45. The fraction of sp³-hybridized carbons (Fsp3) is 0.857. The van der Waals surface area contributed by atoms with Crippen molar-refractivity contribution in [2.45, 2.75) is 45.1 Å². The predicted molar refractivity (Wildman–Crippen MR) is 73.0 cm³/mol. The van der Waals surface area contributed by atoms with Crippen molar-refractivity contribution in [1.82, 2.24) is 4.90 Å². The number of primary amides is 1. The standard InChI is InChI=1S/C14H25N3O2/c1-9-4-2-6-11(15)12(9)14(19)17-7-3-5-10(8-17)13(16)18/h9-12H,2-8,15H2,1H3,(H2,16,18). The van der Waals surface area contributed by atoms with Crippen molar-refractivity contribution in [2.75, 3.05) is 13.1 Å². The van der Waals surface area contributed by atoms with Crippen LogP contribution in [-0.4, -0.2) is 35.8 Å². The number of nitrogens with zero attached hydrogens (tertiary/aromatic N) is 1. The Labute approximate surface area is 114 Å². The predicted octanol–water partition coefficient (Wildman–Crippen LogP) is 0.474. The number of amides is 2. The van der Waals surface area contributed by atoms with Crippen molar-refractivity contribution in [1.29, 1.82) is 0 Å². The highest BCUT2D eigenvalue weighted by Gasteiger charge is 2.38. The molecule has 0 aromatic carbocycles. The van der Waals surface area contributed by atoms with Crippen LogP contribution in [0.5, 0.6) is 0 Å². The number of hydrogen-bond donors (Lipinski definition) is 2. The summed E-state index contributed by atoms with van der Waals surface area (Å²) in [6.45, 7) is 3.32. The van der Waals surface area contributed by atoms with Crippen LogP contribution >= 0.6 is 0 Å². The number of likely N-dealkylation sites (tertiary alicyclic amines) is 1. The molecule has 4 atom stereocenters. The fourth-order valence-electron chi connectivity index (χ4n) is 3.50. The Balaban J connectivity index is 2.03. The summed E-state index contributed by atoms with van der Waals surface area (Å²) in [5.41, 5.74) is 11.5. The van der Waals surface area contributed by atoms with Gasteiger partial charge in [0.05, 0.1) is 11.8 Å². The first-order chi connectivity index (χ1) is 9.00. The third-order valence-electron chi connectivity index (χ3n) is 4.69. The van der Waals surface area contributed by atoms with Crippen LogP contribution in [0.15, 0.2) is 0 Å². The first-order valence-electron chi connectivity index (χ1n) is 7.34. The second kappa shape index (κ2) is 5.90. The zero-order valence-electron chi connectivity index (χ0n) is 11.7. The summed E-state index contributed by atoms with van der Waals surface area (Å²) in [6.07, 6.45) is 4.75. The average Bonchev–Trinajstić information content (AvgIpc) is 2.38. The van der Waals surface area contributed by atoms with E-state index in [0.717, 1.165) is 38.6 Å². The van der Waals surface area contributed by atoms with E-state index in [4.69, 9.17) is 11.5 Å². The summed E-state index contributed by atoms with van der Waals surface area (Å²) in [4.78, 5) is 25.7. The lowest BCUT2D eigenvalue weighted by atomic mass is 9.76. The molecule has 108 valence electrons. The van der Waals surface area contributed by atoms with Gasteiger partial charge in [0.15, 0.2) is 0 Å². The molecule has 5 nitrogen and oxygen atoms in total. The largest absolute Gasteiger partial charge is 0.369 e. The molecule has 5 heteroatoms. The van der Waals surface area contributed by atoms with Crippen LogP contribution in [-0.2, 0) is 9.59 Å². The highest BCUT2D eigenvalue weighted by atomic mass is 16.2. The van der Waals surface area contributed by atoms with Crippen LogP contribution < -0.4 is 11.5 Å². The third kappa shape index (κ3) is 3.08. The molecule has 2 aliphatic rings. The summed E-state index contributed by atoms with van der Waals surface area (Å²) in [5, 5.41) is 0. The maximum Gasteiger partial charge on any atom is 0.227 e. The van der Waals surface area contributed by atoms with Gasteiger partial charge in [-0.1, -0.05) is 13.3 Å². The van der Waals surface area contributed by atoms with Gasteiger partial charge in [-0.2, -0.15) is 0 Å². The molecule has 1 heterocycles. The number of hydrogen-bond acceptors (Lipinski definition) is 3. The van der Waals surface area contributed by atoms with E-state index < -0.39 is 0 Å². The molecule has 0 aromatic heterocycles. The molecular formula is C14H25N3O2. The van der Waals surface area contributed by atoms with Gasteiger partial charge in [0.1, 0.15) is 0 Å². The molecule has 1 aliphatic carbocycles. The van der Waals surface area contributed by atoms with Crippen molar-refractivity contribution in [3.05, 3.63) is 0 Å². The summed E-state index contributed by atoms with van der Waals surface area (Å²) >= 11 is 0. The Morgan fingerprint density at radius 2 is 1.89 bits per heavy atom. The van der Waals surface area contributed by atoms with E-state index in [1.165, 1.54) is 0 Å². The van der Waals surface area contributed by atoms with Gasteiger partial charge in [0, 0.05) is 19.1 Å². The second-order valence-electron chi connectivity index (χ2n) is 6.12. The number of rotatable bonds is 2. The van der Waals surface area contributed by atoms with Crippen LogP contribution in [0.3, 0.4) is 0 Å². The molecule has 0 bridgehead atoms. The molecule has 4 N–H and O–H groups in total. The summed E-state index contributed by atoms with van der Waals surface area (Å²) in [6, 6.07) is -0.0368. The van der Waals surface area contributed by atoms with E-state index in [1.54, 1.807) is 0 Å².